The van der Waals surface area contributed by atoms with Crippen LogP contribution >= 0.6 is 22.9 Å². The van der Waals surface area contributed by atoms with Crippen LogP contribution in [0.5, 0.6) is 0 Å². The Labute approximate surface area is 172 Å². The Bertz CT molecular complexity index is 808. The molecule has 3 rings (SSSR count). The minimum atomic E-state index is 0.333. The molecule has 0 spiro atoms. The largest absolute Gasteiger partial charge is 0.366 e. The standard InChI is InChI=1S/C23H29ClN2S/c1-5-17(2)26-15-21(20-14-23(24)27-22(20)16-26)19-12-7-6-10-18(19)11-8-9-13-25(3)4/h5-7,10,12,14,21H,1-2,8-9,11,13,15-16H2,3-4H3/t21-/m0/s1. The second kappa shape index (κ2) is 9.09. The number of halogens is 1. The van der Waals surface area contributed by atoms with Gasteiger partial charge in [0, 0.05) is 23.0 Å². The summed E-state index contributed by atoms with van der Waals surface area (Å²) in [6.07, 6.45) is 5.41. The van der Waals surface area contributed by atoms with Gasteiger partial charge in [-0.05, 0) is 68.7 Å². The molecule has 2 aromatic rings. The summed E-state index contributed by atoms with van der Waals surface area (Å²) in [4.78, 5) is 5.93. The molecular weight excluding hydrogens is 372 g/mol. The third-order valence-corrected chi connectivity index (χ3v) is 6.56. The molecule has 2 nitrogen and oxygen atoms in total. The quantitative estimate of drug-likeness (QED) is 0.400. The van der Waals surface area contributed by atoms with Crippen molar-refractivity contribution in [2.24, 2.45) is 0 Å². The van der Waals surface area contributed by atoms with E-state index in [0.29, 0.717) is 5.92 Å². The third-order valence-electron chi connectivity index (χ3n) is 5.30. The molecule has 0 saturated carbocycles. The molecular formula is C23H29ClN2S. The van der Waals surface area contributed by atoms with Gasteiger partial charge in [0.1, 0.15) is 0 Å². The maximum atomic E-state index is 6.39. The zero-order chi connectivity index (χ0) is 19.4. The van der Waals surface area contributed by atoms with E-state index in [4.69, 9.17) is 11.6 Å². The van der Waals surface area contributed by atoms with E-state index in [1.807, 2.05) is 6.08 Å². The van der Waals surface area contributed by atoms with Crippen LogP contribution in [0.15, 0.2) is 55.3 Å². The lowest BCUT2D eigenvalue weighted by atomic mass is 9.84. The minimum Gasteiger partial charge on any atom is -0.366 e. The van der Waals surface area contributed by atoms with Crippen LogP contribution in [0.4, 0.5) is 0 Å². The number of aryl methyl sites for hydroxylation is 1. The molecule has 1 aliphatic rings. The highest BCUT2D eigenvalue weighted by Crippen LogP contribution is 2.42. The zero-order valence-electron chi connectivity index (χ0n) is 16.4. The fraction of sp³-hybridized carbons (Fsp3) is 0.391. The molecule has 144 valence electrons. The number of thiophene rings is 1. The first-order valence-corrected chi connectivity index (χ1v) is 10.8. The molecule has 1 aromatic heterocycles. The van der Waals surface area contributed by atoms with Gasteiger partial charge < -0.3 is 9.80 Å². The number of unbranched alkanes of at least 4 members (excludes halogenated alkanes) is 1. The van der Waals surface area contributed by atoms with Gasteiger partial charge in [0.2, 0.25) is 0 Å². The second-order valence-electron chi connectivity index (χ2n) is 7.52. The first kappa shape index (κ1) is 20.2. The first-order valence-electron chi connectivity index (χ1n) is 9.56. The molecule has 0 fully saturated rings. The molecule has 0 saturated heterocycles. The van der Waals surface area contributed by atoms with Crippen LogP contribution in [0, 0.1) is 0 Å². The van der Waals surface area contributed by atoms with Crippen molar-refractivity contribution in [3.05, 3.63) is 81.2 Å². The fourth-order valence-corrected chi connectivity index (χ4v) is 5.20. The minimum absolute atomic E-state index is 0.333. The Morgan fingerprint density at radius 1 is 1.30 bits per heavy atom. The molecule has 0 aliphatic carbocycles. The Kier molecular flexibility index (Phi) is 6.80. The van der Waals surface area contributed by atoms with E-state index in [-0.39, 0.29) is 0 Å². The van der Waals surface area contributed by atoms with Crippen molar-refractivity contribution >= 4 is 22.9 Å². The number of hydrogen-bond donors (Lipinski definition) is 0. The van der Waals surface area contributed by atoms with Crippen LogP contribution < -0.4 is 0 Å². The lowest BCUT2D eigenvalue weighted by molar-refractivity contribution is 0.318. The van der Waals surface area contributed by atoms with Crippen molar-refractivity contribution in [1.29, 1.82) is 0 Å². The molecule has 1 atom stereocenters. The number of allylic oxidation sites excluding steroid dienone is 1. The van der Waals surface area contributed by atoms with Crippen molar-refractivity contribution in [2.75, 3.05) is 27.2 Å². The van der Waals surface area contributed by atoms with Gasteiger partial charge in [-0.15, -0.1) is 11.3 Å². The van der Waals surface area contributed by atoms with E-state index >= 15 is 0 Å². The fourth-order valence-electron chi connectivity index (χ4n) is 3.84. The SMILES string of the molecule is C=CC(=C)N1Cc2sc(Cl)cc2[C@H](c2ccccc2CCCCN(C)C)C1. The Hall–Kier alpha value is -1.55. The highest BCUT2D eigenvalue weighted by Gasteiger charge is 2.29. The molecule has 1 aliphatic heterocycles. The lowest BCUT2D eigenvalue weighted by Crippen LogP contribution is -2.32. The van der Waals surface area contributed by atoms with Gasteiger partial charge in [0.15, 0.2) is 0 Å². The lowest BCUT2D eigenvalue weighted by Gasteiger charge is -2.35. The van der Waals surface area contributed by atoms with Crippen molar-refractivity contribution < 1.29 is 0 Å². The number of nitrogens with zero attached hydrogens (tertiary/aromatic N) is 2. The summed E-state index contributed by atoms with van der Waals surface area (Å²) < 4.78 is 0.875. The smallest absolute Gasteiger partial charge is 0.0934 e. The molecule has 1 aromatic carbocycles. The van der Waals surface area contributed by atoms with Crippen molar-refractivity contribution in [1.82, 2.24) is 9.80 Å². The number of benzene rings is 1. The van der Waals surface area contributed by atoms with Crippen LogP contribution in [-0.2, 0) is 13.0 Å². The molecule has 0 radical (unpaired) electrons. The number of fused-ring (bicyclic) bond motifs is 1. The summed E-state index contributed by atoms with van der Waals surface area (Å²) in [5.74, 6) is 0.333. The summed E-state index contributed by atoms with van der Waals surface area (Å²) in [5, 5.41) is 0. The maximum absolute atomic E-state index is 6.39. The predicted octanol–water partition coefficient (Wildman–Crippen LogP) is 5.93. The highest BCUT2D eigenvalue weighted by molar-refractivity contribution is 7.16. The van der Waals surface area contributed by atoms with Gasteiger partial charge >= 0.3 is 0 Å². The Morgan fingerprint density at radius 2 is 2.07 bits per heavy atom. The summed E-state index contributed by atoms with van der Waals surface area (Å²) >= 11 is 8.08. The average Bonchev–Trinajstić information content (AvgIpc) is 3.04. The molecule has 27 heavy (non-hydrogen) atoms. The van der Waals surface area contributed by atoms with Gasteiger partial charge in [-0.2, -0.15) is 0 Å². The number of rotatable bonds is 8. The second-order valence-corrected chi connectivity index (χ2v) is 9.28. The van der Waals surface area contributed by atoms with Gasteiger partial charge in [0.25, 0.3) is 0 Å². The van der Waals surface area contributed by atoms with Crippen LogP contribution in [0.1, 0.15) is 40.3 Å². The molecule has 0 bridgehead atoms. The van der Waals surface area contributed by atoms with E-state index in [9.17, 15) is 0 Å². The topological polar surface area (TPSA) is 6.48 Å². The average molecular weight is 401 g/mol. The zero-order valence-corrected chi connectivity index (χ0v) is 18.0. The Morgan fingerprint density at radius 3 is 2.81 bits per heavy atom. The van der Waals surface area contributed by atoms with Crippen LogP contribution in [0.2, 0.25) is 4.34 Å². The first-order chi connectivity index (χ1) is 13.0. The highest BCUT2D eigenvalue weighted by atomic mass is 35.5. The van der Waals surface area contributed by atoms with E-state index < -0.39 is 0 Å². The monoisotopic (exact) mass is 400 g/mol. The molecule has 0 unspecified atom stereocenters. The van der Waals surface area contributed by atoms with E-state index in [2.05, 4.69) is 67.4 Å². The summed E-state index contributed by atoms with van der Waals surface area (Å²) in [6, 6.07) is 11.1. The Balaban J connectivity index is 1.88. The summed E-state index contributed by atoms with van der Waals surface area (Å²) in [6.45, 7) is 11.0. The van der Waals surface area contributed by atoms with Gasteiger partial charge in [-0.1, -0.05) is 49.0 Å². The van der Waals surface area contributed by atoms with Gasteiger partial charge in [-0.25, -0.2) is 0 Å². The molecule has 0 N–H and O–H groups in total. The van der Waals surface area contributed by atoms with Crippen molar-refractivity contribution in [2.45, 2.75) is 31.7 Å². The number of hydrogen-bond acceptors (Lipinski definition) is 3. The third kappa shape index (κ3) is 4.84. The predicted molar refractivity (Wildman–Crippen MR) is 119 cm³/mol. The van der Waals surface area contributed by atoms with E-state index in [0.717, 1.165) is 36.1 Å². The van der Waals surface area contributed by atoms with E-state index in [1.54, 1.807) is 11.3 Å². The maximum Gasteiger partial charge on any atom is 0.0934 e. The van der Waals surface area contributed by atoms with E-state index in [1.165, 1.54) is 34.4 Å². The van der Waals surface area contributed by atoms with Crippen LogP contribution in [0.25, 0.3) is 0 Å². The normalized spacial score (nSPS) is 16.4. The van der Waals surface area contributed by atoms with Gasteiger partial charge in [0.05, 0.1) is 10.9 Å². The molecule has 2 heterocycles. The molecule has 4 heteroatoms. The van der Waals surface area contributed by atoms with Crippen LogP contribution in [-0.4, -0.2) is 37.0 Å². The summed E-state index contributed by atoms with van der Waals surface area (Å²) in [5.41, 5.74) is 5.26. The van der Waals surface area contributed by atoms with Gasteiger partial charge in [-0.3, -0.25) is 0 Å². The van der Waals surface area contributed by atoms with Crippen molar-refractivity contribution in [3.63, 3.8) is 0 Å². The molecule has 0 amide bonds. The van der Waals surface area contributed by atoms with Crippen molar-refractivity contribution in [3.8, 4) is 0 Å². The summed E-state index contributed by atoms with van der Waals surface area (Å²) in [7, 11) is 4.28. The van der Waals surface area contributed by atoms with Crippen LogP contribution in [0.3, 0.4) is 0 Å².